The first kappa shape index (κ1) is 18.5. The fourth-order valence-corrected chi connectivity index (χ4v) is 4.01. The van der Waals surface area contributed by atoms with Crippen molar-refractivity contribution in [2.45, 2.75) is 19.4 Å². The number of hydrogen-bond acceptors (Lipinski definition) is 5. The Morgan fingerprint density at radius 1 is 0.964 bits per heavy atom. The highest BCUT2D eigenvalue weighted by Gasteiger charge is 2.29. The van der Waals surface area contributed by atoms with E-state index in [1.54, 1.807) is 21.3 Å². The molecule has 0 bridgehead atoms. The van der Waals surface area contributed by atoms with Crippen LogP contribution in [0.5, 0.6) is 23.0 Å². The van der Waals surface area contributed by atoms with E-state index >= 15 is 0 Å². The van der Waals surface area contributed by atoms with E-state index in [0.29, 0.717) is 18.1 Å². The maximum atomic E-state index is 5.70. The van der Waals surface area contributed by atoms with Crippen molar-refractivity contribution in [2.24, 2.45) is 0 Å². The number of nitrogens with one attached hydrogen (secondary N) is 2. The van der Waals surface area contributed by atoms with Crippen LogP contribution in [-0.2, 0) is 6.42 Å². The Hall–Kier alpha value is -2.86. The molecule has 3 aromatic rings. The van der Waals surface area contributed by atoms with Gasteiger partial charge < -0.3 is 29.2 Å². The predicted molar refractivity (Wildman–Crippen MR) is 109 cm³/mol. The molecule has 4 rings (SSSR count). The Morgan fingerprint density at radius 2 is 1.71 bits per heavy atom. The fraction of sp³-hybridized carbons (Fsp3) is 0.364. The molecule has 2 heterocycles. The summed E-state index contributed by atoms with van der Waals surface area (Å²) in [6.45, 7) is 3.53. The van der Waals surface area contributed by atoms with Gasteiger partial charge in [-0.05, 0) is 43.2 Å². The van der Waals surface area contributed by atoms with E-state index in [0.717, 1.165) is 41.2 Å². The number of fused-ring (bicyclic) bond motifs is 3. The van der Waals surface area contributed by atoms with E-state index in [4.69, 9.17) is 18.9 Å². The van der Waals surface area contributed by atoms with Crippen molar-refractivity contribution in [3.05, 3.63) is 47.2 Å². The lowest BCUT2D eigenvalue weighted by Gasteiger charge is -2.27. The van der Waals surface area contributed by atoms with Crippen molar-refractivity contribution in [2.75, 3.05) is 34.5 Å². The lowest BCUT2D eigenvalue weighted by atomic mass is 9.93. The highest BCUT2D eigenvalue weighted by molar-refractivity contribution is 5.87. The number of benzene rings is 2. The van der Waals surface area contributed by atoms with Crippen LogP contribution in [-0.4, -0.2) is 39.5 Å². The maximum absolute atomic E-state index is 5.70. The minimum atomic E-state index is -0.0264. The lowest BCUT2D eigenvalue weighted by molar-refractivity contribution is 0.340. The Labute approximate surface area is 164 Å². The average molecular weight is 382 g/mol. The van der Waals surface area contributed by atoms with Crippen LogP contribution in [0.3, 0.4) is 0 Å². The first-order valence-corrected chi connectivity index (χ1v) is 9.50. The van der Waals surface area contributed by atoms with E-state index < -0.39 is 0 Å². The number of aromatic amines is 1. The quantitative estimate of drug-likeness (QED) is 0.678. The second kappa shape index (κ2) is 7.64. The molecule has 2 N–H and O–H groups in total. The number of ether oxygens (including phenoxy) is 4. The third kappa shape index (κ3) is 3.03. The topological polar surface area (TPSA) is 64.7 Å². The summed E-state index contributed by atoms with van der Waals surface area (Å²) in [7, 11) is 4.95. The normalized spacial score (nSPS) is 15.9. The van der Waals surface area contributed by atoms with E-state index in [2.05, 4.69) is 22.4 Å². The lowest BCUT2D eigenvalue weighted by Crippen LogP contribution is -2.30. The molecule has 0 spiro atoms. The van der Waals surface area contributed by atoms with Crippen LogP contribution in [0.15, 0.2) is 30.3 Å². The molecule has 6 nitrogen and oxygen atoms in total. The molecule has 1 atom stereocenters. The molecule has 1 unspecified atom stereocenters. The first-order valence-electron chi connectivity index (χ1n) is 9.50. The molecule has 1 aromatic heterocycles. The van der Waals surface area contributed by atoms with E-state index in [1.165, 1.54) is 10.9 Å². The highest BCUT2D eigenvalue weighted by Crippen LogP contribution is 2.42. The van der Waals surface area contributed by atoms with Gasteiger partial charge in [0, 0.05) is 34.8 Å². The van der Waals surface area contributed by atoms with Gasteiger partial charge >= 0.3 is 0 Å². The molecule has 1 aliphatic heterocycles. The van der Waals surface area contributed by atoms with Crippen LogP contribution < -0.4 is 24.3 Å². The number of H-pyrrole nitrogens is 1. The van der Waals surface area contributed by atoms with Gasteiger partial charge in [0.1, 0.15) is 11.5 Å². The second-order valence-corrected chi connectivity index (χ2v) is 6.74. The van der Waals surface area contributed by atoms with Gasteiger partial charge in [0.2, 0.25) is 0 Å². The number of aromatic nitrogens is 1. The smallest absolute Gasteiger partial charge is 0.164 e. The zero-order chi connectivity index (χ0) is 19.7. The monoisotopic (exact) mass is 382 g/mol. The van der Waals surface area contributed by atoms with Crippen LogP contribution in [0.25, 0.3) is 10.9 Å². The summed E-state index contributed by atoms with van der Waals surface area (Å²) in [6.07, 6.45) is 0.955. The summed E-state index contributed by atoms with van der Waals surface area (Å²) < 4.78 is 22.3. The minimum Gasteiger partial charge on any atom is -0.496 e. The van der Waals surface area contributed by atoms with Gasteiger partial charge in [-0.3, -0.25) is 0 Å². The molecule has 6 heteroatoms. The molecule has 0 radical (unpaired) electrons. The number of hydrogen-bond donors (Lipinski definition) is 2. The van der Waals surface area contributed by atoms with Gasteiger partial charge in [-0.15, -0.1) is 0 Å². The van der Waals surface area contributed by atoms with E-state index in [1.807, 2.05) is 25.1 Å². The molecule has 1 aliphatic rings. The minimum absolute atomic E-state index is 0.0264. The van der Waals surface area contributed by atoms with Crippen molar-refractivity contribution in [1.29, 1.82) is 0 Å². The first-order chi connectivity index (χ1) is 13.7. The summed E-state index contributed by atoms with van der Waals surface area (Å²) in [6, 6.07) is 10.1. The molecular weight excluding hydrogens is 356 g/mol. The zero-order valence-corrected chi connectivity index (χ0v) is 16.7. The van der Waals surface area contributed by atoms with Crippen molar-refractivity contribution < 1.29 is 18.9 Å². The van der Waals surface area contributed by atoms with Crippen LogP contribution in [0.4, 0.5) is 0 Å². The van der Waals surface area contributed by atoms with Gasteiger partial charge in [0.25, 0.3) is 0 Å². The molecular formula is C22H26N2O4. The van der Waals surface area contributed by atoms with Gasteiger partial charge in [-0.2, -0.15) is 0 Å². The van der Waals surface area contributed by atoms with Crippen molar-refractivity contribution >= 4 is 10.9 Å². The molecule has 148 valence electrons. The summed E-state index contributed by atoms with van der Waals surface area (Å²) in [5.41, 5.74) is 4.59. The average Bonchev–Trinajstić information content (AvgIpc) is 3.11. The third-order valence-electron chi connectivity index (χ3n) is 5.28. The Morgan fingerprint density at radius 3 is 2.43 bits per heavy atom. The third-order valence-corrected chi connectivity index (χ3v) is 5.28. The molecule has 0 aliphatic carbocycles. The maximum Gasteiger partial charge on any atom is 0.164 e. The standard InChI is InChI=1S/C22H26N2O4/c1-5-28-13-6-7-17-15(10-13)14-8-9-23-21(22(14)24-17)16-11-19(26-3)20(27-4)12-18(16)25-2/h6-7,10-12,21,23-24H,5,8-9H2,1-4H3. The summed E-state index contributed by atoms with van der Waals surface area (Å²) in [4.78, 5) is 3.61. The Bertz CT molecular complexity index is 996. The predicted octanol–water partition coefficient (Wildman–Crippen LogP) is 3.83. The van der Waals surface area contributed by atoms with Crippen LogP contribution in [0, 0.1) is 0 Å². The van der Waals surface area contributed by atoms with Gasteiger partial charge in [-0.1, -0.05) is 0 Å². The van der Waals surface area contributed by atoms with Crippen LogP contribution >= 0.6 is 0 Å². The van der Waals surface area contributed by atoms with E-state index in [-0.39, 0.29) is 6.04 Å². The van der Waals surface area contributed by atoms with Crippen LogP contribution in [0.1, 0.15) is 29.8 Å². The molecule has 28 heavy (non-hydrogen) atoms. The molecule has 2 aromatic carbocycles. The molecule has 0 amide bonds. The second-order valence-electron chi connectivity index (χ2n) is 6.74. The number of methoxy groups -OCH3 is 3. The summed E-state index contributed by atoms with van der Waals surface area (Å²) in [5, 5.41) is 4.83. The largest absolute Gasteiger partial charge is 0.496 e. The van der Waals surface area contributed by atoms with Crippen molar-refractivity contribution in [1.82, 2.24) is 10.3 Å². The molecule has 0 fully saturated rings. The molecule has 0 saturated carbocycles. The van der Waals surface area contributed by atoms with Gasteiger partial charge in [-0.25, -0.2) is 0 Å². The summed E-state index contributed by atoms with van der Waals surface area (Å²) >= 11 is 0. The SMILES string of the molecule is CCOc1ccc2[nH]c3c(c2c1)CCNC3c1cc(OC)c(OC)cc1OC. The summed E-state index contributed by atoms with van der Waals surface area (Å²) in [5.74, 6) is 2.99. The van der Waals surface area contributed by atoms with Gasteiger partial charge in [0.15, 0.2) is 11.5 Å². The van der Waals surface area contributed by atoms with Crippen molar-refractivity contribution in [3.8, 4) is 23.0 Å². The zero-order valence-electron chi connectivity index (χ0n) is 16.7. The molecule has 0 saturated heterocycles. The fourth-order valence-electron chi connectivity index (χ4n) is 4.01. The van der Waals surface area contributed by atoms with Gasteiger partial charge in [0.05, 0.1) is 34.0 Å². The number of rotatable bonds is 6. The van der Waals surface area contributed by atoms with Crippen LogP contribution in [0.2, 0.25) is 0 Å². The Balaban J connectivity index is 1.85. The Kier molecular flexibility index (Phi) is 5.05. The highest BCUT2D eigenvalue weighted by atomic mass is 16.5. The van der Waals surface area contributed by atoms with Crippen molar-refractivity contribution in [3.63, 3.8) is 0 Å². The van der Waals surface area contributed by atoms with E-state index in [9.17, 15) is 0 Å².